The molecule has 0 spiro atoms. The lowest BCUT2D eigenvalue weighted by molar-refractivity contribution is 0.0602. The Labute approximate surface area is 156 Å². The number of carbonyl (C=O) groups excluding carboxylic acids is 1. The zero-order valence-electron chi connectivity index (χ0n) is 15.3. The van der Waals surface area contributed by atoms with Crippen LogP contribution >= 0.6 is 0 Å². The average molecular weight is 368 g/mol. The van der Waals surface area contributed by atoms with Crippen molar-refractivity contribution in [3.05, 3.63) is 59.7 Å². The van der Waals surface area contributed by atoms with Gasteiger partial charge >= 0.3 is 5.97 Å². The van der Waals surface area contributed by atoms with E-state index >= 15 is 0 Å². The summed E-state index contributed by atoms with van der Waals surface area (Å²) in [6, 6.07) is 14.1. The normalized spacial score (nSPS) is 10.5. The maximum Gasteiger partial charge on any atom is 0.338 e. The fourth-order valence-corrected chi connectivity index (χ4v) is 2.91. The molecule has 0 aromatic heterocycles. The molecule has 6 heteroatoms. The van der Waals surface area contributed by atoms with Crippen LogP contribution in [0.2, 0.25) is 0 Å². The zero-order valence-corrected chi connectivity index (χ0v) is 15.3. The Morgan fingerprint density at radius 3 is 2.33 bits per heavy atom. The summed E-state index contributed by atoms with van der Waals surface area (Å²) in [5.41, 5.74) is 1.20. The molecule has 0 atom stereocenters. The molecule has 0 amide bonds. The number of aromatic hydroxyl groups is 1. The van der Waals surface area contributed by atoms with Gasteiger partial charge in [-0.3, -0.25) is 0 Å². The molecule has 0 aliphatic carbocycles. The van der Waals surface area contributed by atoms with E-state index in [1.807, 2.05) is 30.3 Å². The predicted molar refractivity (Wildman–Crippen MR) is 101 cm³/mol. The van der Waals surface area contributed by atoms with E-state index < -0.39 is 5.97 Å². The topological polar surface area (TPSA) is 74.2 Å². The Hall–Kier alpha value is -3.41. The minimum Gasteiger partial charge on any atom is -0.507 e. The summed E-state index contributed by atoms with van der Waals surface area (Å²) in [5.74, 6) is 0.453. The number of esters is 1. The van der Waals surface area contributed by atoms with E-state index in [-0.39, 0.29) is 17.9 Å². The minimum atomic E-state index is -0.545. The molecule has 3 aromatic rings. The summed E-state index contributed by atoms with van der Waals surface area (Å²) in [5, 5.41) is 11.1. The van der Waals surface area contributed by atoms with Crippen LogP contribution in [0.25, 0.3) is 10.8 Å². The van der Waals surface area contributed by atoms with Crippen molar-refractivity contribution in [3.63, 3.8) is 0 Å². The van der Waals surface area contributed by atoms with Gasteiger partial charge in [0, 0.05) is 10.8 Å². The van der Waals surface area contributed by atoms with Crippen molar-refractivity contribution in [2.24, 2.45) is 0 Å². The number of hydrogen-bond acceptors (Lipinski definition) is 6. The second-order valence-electron chi connectivity index (χ2n) is 5.76. The van der Waals surface area contributed by atoms with E-state index in [0.29, 0.717) is 28.0 Å². The molecule has 1 N–H and O–H groups in total. The Kier molecular flexibility index (Phi) is 5.35. The maximum absolute atomic E-state index is 12.3. The highest BCUT2D eigenvalue weighted by Crippen LogP contribution is 2.47. The van der Waals surface area contributed by atoms with Crippen molar-refractivity contribution in [2.45, 2.75) is 6.61 Å². The lowest BCUT2D eigenvalue weighted by Gasteiger charge is -2.18. The molecule has 0 radical (unpaired) electrons. The number of carbonyl (C=O) groups is 1. The molecule has 3 rings (SSSR count). The molecule has 27 heavy (non-hydrogen) atoms. The molecule has 0 bridgehead atoms. The van der Waals surface area contributed by atoms with Crippen molar-refractivity contribution >= 4 is 16.7 Å². The Balaban J connectivity index is 2.25. The van der Waals surface area contributed by atoms with Crippen molar-refractivity contribution in [2.75, 3.05) is 21.3 Å². The molecule has 0 heterocycles. The highest BCUT2D eigenvalue weighted by Gasteiger charge is 2.24. The third-order valence-electron chi connectivity index (χ3n) is 4.21. The van der Waals surface area contributed by atoms with Crippen LogP contribution in [0.4, 0.5) is 0 Å². The molecule has 0 aliphatic heterocycles. The van der Waals surface area contributed by atoms with Gasteiger partial charge in [0.15, 0.2) is 11.5 Å². The van der Waals surface area contributed by atoms with Crippen molar-refractivity contribution in [1.29, 1.82) is 0 Å². The monoisotopic (exact) mass is 368 g/mol. The molecule has 0 saturated heterocycles. The standard InChI is InChI=1S/C21H20O6/c1-24-17-11-15-16(22)10-9-14(21(23)26-3)18(15)20(19(17)25-2)27-12-13-7-5-4-6-8-13/h4-11,22H,12H2,1-3H3. The van der Waals surface area contributed by atoms with Crippen molar-refractivity contribution in [1.82, 2.24) is 0 Å². The van der Waals surface area contributed by atoms with Gasteiger partial charge in [-0.15, -0.1) is 0 Å². The van der Waals surface area contributed by atoms with Gasteiger partial charge in [-0.2, -0.15) is 0 Å². The summed E-state index contributed by atoms with van der Waals surface area (Å²) < 4.78 is 21.8. The molecular formula is C21H20O6. The van der Waals surface area contributed by atoms with Gasteiger partial charge in [-0.05, 0) is 23.8 Å². The van der Waals surface area contributed by atoms with Crippen molar-refractivity contribution < 1.29 is 28.8 Å². The van der Waals surface area contributed by atoms with Gasteiger partial charge < -0.3 is 24.1 Å². The number of hydrogen-bond donors (Lipinski definition) is 1. The highest BCUT2D eigenvalue weighted by molar-refractivity contribution is 6.10. The molecule has 3 aromatic carbocycles. The first-order chi connectivity index (χ1) is 13.1. The van der Waals surface area contributed by atoms with E-state index in [4.69, 9.17) is 18.9 Å². The fraction of sp³-hybridized carbons (Fsp3) is 0.190. The number of benzene rings is 3. The van der Waals surface area contributed by atoms with Crippen LogP contribution in [0.15, 0.2) is 48.5 Å². The van der Waals surface area contributed by atoms with Gasteiger partial charge in [0.25, 0.3) is 0 Å². The van der Waals surface area contributed by atoms with E-state index in [9.17, 15) is 9.90 Å². The van der Waals surface area contributed by atoms with Gasteiger partial charge in [-0.1, -0.05) is 30.3 Å². The third kappa shape index (κ3) is 3.46. The van der Waals surface area contributed by atoms with Gasteiger partial charge in [0.05, 0.1) is 26.9 Å². The summed E-state index contributed by atoms with van der Waals surface area (Å²) in [6.45, 7) is 0.246. The maximum atomic E-state index is 12.3. The van der Waals surface area contributed by atoms with Crippen LogP contribution in [0.5, 0.6) is 23.0 Å². The number of rotatable bonds is 6. The Morgan fingerprint density at radius 2 is 1.70 bits per heavy atom. The fourth-order valence-electron chi connectivity index (χ4n) is 2.91. The first kappa shape index (κ1) is 18.4. The van der Waals surface area contributed by atoms with Crippen LogP contribution in [-0.2, 0) is 11.3 Å². The lowest BCUT2D eigenvalue weighted by Crippen LogP contribution is -2.06. The van der Waals surface area contributed by atoms with Crippen LogP contribution in [-0.4, -0.2) is 32.4 Å². The van der Waals surface area contributed by atoms with E-state index in [1.165, 1.54) is 33.5 Å². The van der Waals surface area contributed by atoms with Crippen LogP contribution < -0.4 is 14.2 Å². The summed E-state index contributed by atoms with van der Waals surface area (Å²) in [6.07, 6.45) is 0. The summed E-state index contributed by atoms with van der Waals surface area (Å²) in [7, 11) is 4.28. The van der Waals surface area contributed by atoms with Gasteiger partial charge in [0.1, 0.15) is 12.4 Å². The van der Waals surface area contributed by atoms with E-state index in [2.05, 4.69) is 0 Å². The Bertz CT molecular complexity index is 966. The number of ether oxygens (including phenoxy) is 4. The van der Waals surface area contributed by atoms with E-state index in [0.717, 1.165) is 5.56 Å². The van der Waals surface area contributed by atoms with Crippen LogP contribution in [0.1, 0.15) is 15.9 Å². The summed E-state index contributed by atoms with van der Waals surface area (Å²) >= 11 is 0. The molecule has 0 unspecified atom stereocenters. The first-order valence-corrected chi connectivity index (χ1v) is 8.26. The SMILES string of the molecule is COC(=O)c1ccc(O)c2cc(OC)c(OC)c(OCc3ccccc3)c12. The molecule has 140 valence electrons. The Morgan fingerprint density at radius 1 is 0.963 bits per heavy atom. The second-order valence-corrected chi connectivity index (χ2v) is 5.76. The molecular weight excluding hydrogens is 348 g/mol. The quantitative estimate of drug-likeness (QED) is 0.665. The smallest absolute Gasteiger partial charge is 0.338 e. The zero-order chi connectivity index (χ0) is 19.4. The molecule has 0 saturated carbocycles. The number of phenolic OH excluding ortho intramolecular Hbond substituents is 1. The largest absolute Gasteiger partial charge is 0.507 e. The molecule has 0 aliphatic rings. The van der Waals surface area contributed by atoms with Crippen LogP contribution in [0, 0.1) is 0 Å². The lowest BCUT2D eigenvalue weighted by atomic mass is 10.0. The van der Waals surface area contributed by atoms with Crippen LogP contribution in [0.3, 0.4) is 0 Å². The molecule has 6 nitrogen and oxygen atoms in total. The van der Waals surface area contributed by atoms with Gasteiger partial charge in [-0.25, -0.2) is 4.79 Å². The number of phenols is 1. The number of fused-ring (bicyclic) bond motifs is 1. The second kappa shape index (κ2) is 7.86. The predicted octanol–water partition coefficient (Wildman–Crippen LogP) is 3.93. The van der Waals surface area contributed by atoms with E-state index in [1.54, 1.807) is 6.07 Å². The van der Waals surface area contributed by atoms with Gasteiger partial charge in [0.2, 0.25) is 5.75 Å². The third-order valence-corrected chi connectivity index (χ3v) is 4.21. The summed E-state index contributed by atoms with van der Waals surface area (Å²) in [4.78, 5) is 12.3. The number of methoxy groups -OCH3 is 3. The molecule has 0 fully saturated rings. The van der Waals surface area contributed by atoms with Crippen molar-refractivity contribution in [3.8, 4) is 23.0 Å². The highest BCUT2D eigenvalue weighted by atomic mass is 16.5. The first-order valence-electron chi connectivity index (χ1n) is 8.26. The average Bonchev–Trinajstić information content (AvgIpc) is 2.71. The minimum absolute atomic E-state index is 0.0110.